The third-order valence-corrected chi connectivity index (χ3v) is 7.05. The molecule has 0 spiro atoms. The van der Waals surface area contributed by atoms with Crippen molar-refractivity contribution in [2.24, 2.45) is 5.92 Å². The van der Waals surface area contributed by atoms with Crippen LogP contribution in [0.2, 0.25) is 10.0 Å². The number of carbonyl (C=O) groups excluding carboxylic acids is 2. The molecule has 0 aliphatic heterocycles. The number of hydrogen-bond donors (Lipinski definition) is 1. The fourth-order valence-electron chi connectivity index (χ4n) is 4.33. The van der Waals surface area contributed by atoms with Crippen molar-refractivity contribution in [1.82, 2.24) is 10.2 Å². The van der Waals surface area contributed by atoms with E-state index in [0.717, 1.165) is 24.8 Å². The summed E-state index contributed by atoms with van der Waals surface area (Å²) in [5.74, 6) is -0.298. The van der Waals surface area contributed by atoms with Gasteiger partial charge in [0.1, 0.15) is 11.9 Å². The van der Waals surface area contributed by atoms with Gasteiger partial charge < -0.3 is 10.2 Å². The van der Waals surface area contributed by atoms with E-state index in [9.17, 15) is 9.59 Å². The van der Waals surface area contributed by atoms with Crippen LogP contribution in [0.25, 0.3) is 0 Å². The van der Waals surface area contributed by atoms with Crippen molar-refractivity contribution in [2.45, 2.75) is 51.1 Å². The molecule has 32 heavy (non-hydrogen) atoms. The molecule has 0 aromatic heterocycles. The average molecular weight is 496 g/mol. The molecule has 7 heteroatoms. The summed E-state index contributed by atoms with van der Waals surface area (Å²) in [6.45, 7) is 2.48. The zero-order valence-electron chi connectivity index (χ0n) is 18.2. The van der Waals surface area contributed by atoms with Crippen LogP contribution in [-0.4, -0.2) is 35.2 Å². The zero-order valence-corrected chi connectivity index (χ0v) is 20.5. The maximum Gasteiger partial charge on any atom is 0.247 e. The highest BCUT2D eigenvalue weighted by Gasteiger charge is 2.33. The molecular formula is C25H29Cl3N2O2. The van der Waals surface area contributed by atoms with Crippen LogP contribution in [0.4, 0.5) is 0 Å². The molecule has 172 valence electrons. The molecule has 1 aliphatic carbocycles. The molecule has 0 saturated heterocycles. The lowest BCUT2D eigenvalue weighted by atomic mass is 9.85. The Morgan fingerprint density at radius 3 is 2.41 bits per heavy atom. The Morgan fingerprint density at radius 2 is 1.75 bits per heavy atom. The van der Waals surface area contributed by atoms with E-state index < -0.39 is 6.04 Å². The molecule has 3 atom stereocenters. The molecule has 0 bridgehead atoms. The standard InChI is InChI=1S/C25H29Cl3N2O2/c1-17-6-2-5-9-22(17)29-25(32)24(19-10-12-20(27)13-11-19)30(23(31)16-26)15-14-18-7-3-4-8-21(18)28/h3-4,7-8,10-13,17,22,24H,2,5-6,9,14-16H2,1H3,(H,29,32)/t17-,22-,24-/m1/s1. The minimum absolute atomic E-state index is 0.0996. The van der Waals surface area contributed by atoms with E-state index in [1.807, 2.05) is 24.3 Å². The van der Waals surface area contributed by atoms with Crippen molar-refractivity contribution < 1.29 is 9.59 Å². The van der Waals surface area contributed by atoms with E-state index in [1.54, 1.807) is 29.2 Å². The lowest BCUT2D eigenvalue weighted by Gasteiger charge is -2.35. The summed E-state index contributed by atoms with van der Waals surface area (Å²) < 4.78 is 0. The Balaban J connectivity index is 1.89. The summed E-state index contributed by atoms with van der Waals surface area (Å²) in [4.78, 5) is 28.0. The summed E-state index contributed by atoms with van der Waals surface area (Å²) in [7, 11) is 0. The number of hydrogen-bond acceptors (Lipinski definition) is 2. The van der Waals surface area contributed by atoms with E-state index in [1.165, 1.54) is 6.42 Å². The van der Waals surface area contributed by atoms with Gasteiger partial charge in [-0.25, -0.2) is 0 Å². The van der Waals surface area contributed by atoms with Gasteiger partial charge in [-0.1, -0.05) is 73.3 Å². The third-order valence-electron chi connectivity index (χ3n) is 6.20. The van der Waals surface area contributed by atoms with Crippen LogP contribution in [0.1, 0.15) is 49.8 Å². The Morgan fingerprint density at radius 1 is 1.06 bits per heavy atom. The minimum Gasteiger partial charge on any atom is -0.351 e. The Labute approximate surface area is 205 Å². The smallest absolute Gasteiger partial charge is 0.247 e. The molecule has 3 rings (SSSR count). The highest BCUT2D eigenvalue weighted by Crippen LogP contribution is 2.28. The number of amides is 2. The summed E-state index contributed by atoms with van der Waals surface area (Å²) >= 11 is 18.4. The maximum atomic E-state index is 13.6. The molecule has 1 fully saturated rings. The molecule has 1 aliphatic rings. The van der Waals surface area contributed by atoms with Crippen LogP contribution >= 0.6 is 34.8 Å². The van der Waals surface area contributed by atoms with Crippen LogP contribution in [0.5, 0.6) is 0 Å². The van der Waals surface area contributed by atoms with Gasteiger partial charge in [0, 0.05) is 22.6 Å². The lowest BCUT2D eigenvalue weighted by molar-refractivity contribution is -0.139. The van der Waals surface area contributed by atoms with Gasteiger partial charge in [-0.2, -0.15) is 0 Å². The number of nitrogens with zero attached hydrogens (tertiary/aromatic N) is 1. The molecule has 1 saturated carbocycles. The largest absolute Gasteiger partial charge is 0.351 e. The van der Waals surface area contributed by atoms with Gasteiger partial charge in [0.15, 0.2) is 0 Å². The Bertz CT molecular complexity index is 920. The van der Waals surface area contributed by atoms with Gasteiger partial charge in [-0.15, -0.1) is 11.6 Å². The summed E-state index contributed by atoms with van der Waals surface area (Å²) in [5.41, 5.74) is 1.62. The number of alkyl halides is 1. The van der Waals surface area contributed by atoms with E-state index in [4.69, 9.17) is 34.8 Å². The van der Waals surface area contributed by atoms with Crippen molar-refractivity contribution in [2.75, 3.05) is 12.4 Å². The third kappa shape index (κ3) is 6.40. The van der Waals surface area contributed by atoms with Crippen LogP contribution in [0, 0.1) is 5.92 Å². The van der Waals surface area contributed by atoms with Gasteiger partial charge >= 0.3 is 0 Å². The second kappa shape index (κ2) is 11.9. The molecule has 0 heterocycles. The number of nitrogens with one attached hydrogen (secondary N) is 1. The van der Waals surface area contributed by atoms with Crippen molar-refractivity contribution in [1.29, 1.82) is 0 Å². The molecule has 2 aromatic rings. The lowest BCUT2D eigenvalue weighted by Crippen LogP contribution is -2.49. The fraction of sp³-hybridized carbons (Fsp3) is 0.440. The number of benzene rings is 2. The Hall–Kier alpha value is -1.75. The van der Waals surface area contributed by atoms with Gasteiger partial charge in [-0.3, -0.25) is 9.59 Å². The van der Waals surface area contributed by atoms with Crippen LogP contribution in [-0.2, 0) is 16.0 Å². The topological polar surface area (TPSA) is 49.4 Å². The predicted molar refractivity (Wildman–Crippen MR) is 131 cm³/mol. The van der Waals surface area contributed by atoms with Crippen LogP contribution in [0.3, 0.4) is 0 Å². The second-order valence-electron chi connectivity index (χ2n) is 8.39. The van der Waals surface area contributed by atoms with Gasteiger partial charge in [0.25, 0.3) is 0 Å². The maximum absolute atomic E-state index is 13.6. The van der Waals surface area contributed by atoms with E-state index in [-0.39, 0.29) is 23.7 Å². The SMILES string of the molecule is C[C@@H]1CCCC[C@H]1NC(=O)[C@@H](c1ccc(Cl)cc1)N(CCc1ccccc1Cl)C(=O)CCl. The van der Waals surface area contributed by atoms with Crippen molar-refractivity contribution >= 4 is 46.6 Å². The molecule has 2 amide bonds. The van der Waals surface area contributed by atoms with Crippen molar-refractivity contribution in [3.63, 3.8) is 0 Å². The number of halogens is 3. The normalized spacial score (nSPS) is 19.2. The molecule has 0 radical (unpaired) electrons. The average Bonchev–Trinajstić information content (AvgIpc) is 2.79. The minimum atomic E-state index is -0.796. The summed E-state index contributed by atoms with van der Waals surface area (Å²) in [5, 5.41) is 4.42. The van der Waals surface area contributed by atoms with Gasteiger partial charge in [0.05, 0.1) is 0 Å². The first-order valence-corrected chi connectivity index (χ1v) is 12.3. The summed E-state index contributed by atoms with van der Waals surface area (Å²) in [6.07, 6.45) is 4.83. The quantitative estimate of drug-likeness (QED) is 0.454. The first-order valence-electron chi connectivity index (χ1n) is 11.1. The predicted octanol–water partition coefficient (Wildman–Crippen LogP) is 6.04. The van der Waals surface area contributed by atoms with E-state index in [0.29, 0.717) is 34.5 Å². The molecule has 0 unspecified atom stereocenters. The molecular weight excluding hydrogens is 467 g/mol. The van der Waals surface area contributed by atoms with Crippen molar-refractivity contribution in [3.05, 3.63) is 69.7 Å². The monoisotopic (exact) mass is 494 g/mol. The van der Waals surface area contributed by atoms with Crippen LogP contribution in [0.15, 0.2) is 48.5 Å². The highest BCUT2D eigenvalue weighted by molar-refractivity contribution is 6.31. The first-order chi connectivity index (χ1) is 15.4. The first kappa shape index (κ1) is 24.9. The zero-order chi connectivity index (χ0) is 23.1. The van der Waals surface area contributed by atoms with E-state index >= 15 is 0 Å². The van der Waals surface area contributed by atoms with Crippen molar-refractivity contribution in [3.8, 4) is 0 Å². The highest BCUT2D eigenvalue weighted by atomic mass is 35.5. The summed E-state index contributed by atoms with van der Waals surface area (Å²) in [6, 6.07) is 13.9. The number of carbonyl (C=O) groups is 2. The van der Waals surface area contributed by atoms with E-state index in [2.05, 4.69) is 12.2 Å². The molecule has 2 aromatic carbocycles. The Kier molecular flexibility index (Phi) is 9.27. The van der Waals surface area contributed by atoms with Gasteiger partial charge in [-0.05, 0) is 54.5 Å². The van der Waals surface area contributed by atoms with Crippen LogP contribution < -0.4 is 5.32 Å². The second-order valence-corrected chi connectivity index (χ2v) is 9.50. The molecule has 1 N–H and O–H groups in total. The fourth-order valence-corrected chi connectivity index (χ4v) is 4.84. The molecule has 4 nitrogen and oxygen atoms in total. The van der Waals surface area contributed by atoms with Gasteiger partial charge in [0.2, 0.25) is 11.8 Å². The number of rotatable bonds is 8.